The first kappa shape index (κ1) is 35.5. The van der Waals surface area contributed by atoms with Crippen LogP contribution in [0.4, 0.5) is 18.9 Å². The Morgan fingerprint density at radius 2 is 1.74 bits per heavy atom. The highest BCUT2D eigenvalue weighted by Crippen LogP contribution is 2.42. The van der Waals surface area contributed by atoms with Gasteiger partial charge in [-0.3, -0.25) is 18.4 Å². The number of halogens is 3. The number of carbonyl (C=O) groups is 1. The topological polar surface area (TPSA) is 133 Å². The van der Waals surface area contributed by atoms with Crippen molar-refractivity contribution in [1.82, 2.24) is 24.6 Å². The molecule has 4 aromatic heterocycles. The normalized spacial score (nSPS) is 14.4. The van der Waals surface area contributed by atoms with Gasteiger partial charge < -0.3 is 14.8 Å². The summed E-state index contributed by atoms with van der Waals surface area (Å²) in [5.41, 5.74) is 1.84. The summed E-state index contributed by atoms with van der Waals surface area (Å²) in [6.07, 6.45) is 1.03. The number of furan rings is 1. The molecule has 15 heteroatoms. The second-order valence-corrected chi connectivity index (χ2v) is 16.3. The number of likely N-dealkylation sites (tertiary alicyclic amines) is 1. The summed E-state index contributed by atoms with van der Waals surface area (Å²) in [6, 6.07) is 15.8. The number of amides is 1. The molecule has 11 nitrogen and oxygen atoms in total. The lowest BCUT2D eigenvalue weighted by Gasteiger charge is -2.45. The lowest BCUT2D eigenvalue weighted by molar-refractivity contribution is -0.0655. The molecule has 0 aliphatic carbocycles. The van der Waals surface area contributed by atoms with Gasteiger partial charge in [0.15, 0.2) is 5.76 Å². The number of aromatic nitrogens is 3. The number of fused-ring (bicyclic) bond motifs is 6. The van der Waals surface area contributed by atoms with E-state index in [-0.39, 0.29) is 45.0 Å². The van der Waals surface area contributed by atoms with E-state index in [1.165, 1.54) is 26.2 Å². The van der Waals surface area contributed by atoms with E-state index in [1.54, 1.807) is 50.2 Å². The van der Waals surface area contributed by atoms with Crippen molar-refractivity contribution >= 4 is 60.0 Å². The van der Waals surface area contributed by atoms with Gasteiger partial charge >= 0.3 is 0 Å². The fourth-order valence-electron chi connectivity index (χ4n) is 7.16. The van der Waals surface area contributed by atoms with Crippen molar-refractivity contribution in [1.29, 1.82) is 0 Å². The number of aliphatic hydroxyl groups is 1. The molecule has 278 valence electrons. The van der Waals surface area contributed by atoms with Crippen LogP contribution in [-0.4, -0.2) is 77.7 Å². The van der Waals surface area contributed by atoms with E-state index in [4.69, 9.17) is 14.4 Å². The van der Waals surface area contributed by atoms with Crippen molar-refractivity contribution in [2.75, 3.05) is 37.7 Å². The molecule has 0 spiro atoms. The molecule has 0 saturated carbocycles. The molecule has 1 fully saturated rings. The average molecular weight is 757 g/mol. The number of anilines is 1. The molecular formula is C39H35F3N6O5S. The second-order valence-electron chi connectivity index (χ2n) is 14.3. The molecular weight excluding hydrogens is 722 g/mol. The van der Waals surface area contributed by atoms with Crippen LogP contribution in [0.25, 0.3) is 61.0 Å². The van der Waals surface area contributed by atoms with E-state index in [0.717, 1.165) is 22.7 Å². The summed E-state index contributed by atoms with van der Waals surface area (Å²) in [4.78, 5) is 25.5. The maximum Gasteiger partial charge on any atom is 0.255 e. The summed E-state index contributed by atoms with van der Waals surface area (Å²) in [5.74, 6) is -2.24. The number of nitrogens with one attached hydrogen (secondary N) is 1. The predicted molar refractivity (Wildman–Crippen MR) is 200 cm³/mol. The van der Waals surface area contributed by atoms with E-state index < -0.39 is 39.0 Å². The number of benzene rings is 3. The molecule has 1 aliphatic heterocycles. The van der Waals surface area contributed by atoms with Gasteiger partial charge in [-0.25, -0.2) is 31.6 Å². The minimum atomic E-state index is -3.87. The molecule has 7 aromatic rings. The number of hydrogen-bond donors (Lipinski definition) is 2. The average Bonchev–Trinajstić information content (AvgIpc) is 3.67. The summed E-state index contributed by atoms with van der Waals surface area (Å²) < 4.78 is 79.2. The highest BCUT2D eigenvalue weighted by molar-refractivity contribution is 7.92. The summed E-state index contributed by atoms with van der Waals surface area (Å²) >= 11 is 0. The van der Waals surface area contributed by atoms with Crippen molar-refractivity contribution < 1.29 is 35.9 Å². The van der Waals surface area contributed by atoms with Gasteiger partial charge in [0.2, 0.25) is 10.0 Å². The zero-order valence-electron chi connectivity index (χ0n) is 29.9. The van der Waals surface area contributed by atoms with Gasteiger partial charge in [-0.05, 0) is 62.4 Å². The lowest BCUT2D eigenvalue weighted by atomic mass is 9.84. The molecule has 54 heavy (non-hydrogen) atoms. The molecule has 8 rings (SSSR count). The van der Waals surface area contributed by atoms with Crippen LogP contribution in [0.3, 0.4) is 0 Å². The van der Waals surface area contributed by atoms with Gasteiger partial charge in [0.25, 0.3) is 5.91 Å². The Hall–Kier alpha value is -5.51. The molecule has 5 heterocycles. The molecule has 3 aromatic carbocycles. The highest BCUT2D eigenvalue weighted by atomic mass is 32.2. The zero-order chi connectivity index (χ0) is 38.4. The Morgan fingerprint density at radius 3 is 2.43 bits per heavy atom. The third kappa shape index (κ3) is 5.83. The summed E-state index contributed by atoms with van der Waals surface area (Å²) in [5, 5.41) is 13.6. The second kappa shape index (κ2) is 12.5. The molecule has 0 unspecified atom stereocenters. The van der Waals surface area contributed by atoms with E-state index in [0.29, 0.717) is 64.7 Å². The first-order chi connectivity index (χ1) is 25.5. The smallest absolute Gasteiger partial charge is 0.255 e. The quantitative estimate of drug-likeness (QED) is 0.180. The highest BCUT2D eigenvalue weighted by Gasteiger charge is 2.38. The maximum atomic E-state index is 15.3. The fraction of sp³-hybridized carbons (Fsp3) is 0.256. The Morgan fingerprint density at radius 1 is 0.981 bits per heavy atom. The van der Waals surface area contributed by atoms with E-state index in [1.807, 2.05) is 4.40 Å². The van der Waals surface area contributed by atoms with Crippen molar-refractivity contribution in [2.45, 2.75) is 26.0 Å². The molecule has 2 N–H and O–H groups in total. The van der Waals surface area contributed by atoms with Crippen molar-refractivity contribution in [3.05, 3.63) is 95.6 Å². The number of pyridine rings is 1. The molecule has 0 atom stereocenters. The van der Waals surface area contributed by atoms with Crippen molar-refractivity contribution in [2.24, 2.45) is 5.92 Å². The van der Waals surface area contributed by atoms with E-state index in [2.05, 4.69) is 10.2 Å². The third-order valence-corrected chi connectivity index (χ3v) is 11.5. The zero-order valence-corrected chi connectivity index (χ0v) is 30.7. The minimum Gasteiger partial charge on any atom is -0.455 e. The number of rotatable bonds is 8. The molecule has 1 amide bonds. The monoisotopic (exact) mass is 756 g/mol. The van der Waals surface area contributed by atoms with Crippen LogP contribution in [0.2, 0.25) is 0 Å². The SMILES string of the molecule is CNC(=O)c1c(-c2ccc(F)cc2F)oc2cc(N(C)S(C)(=O)=O)c(-c3ccc4nc(CN5CC(C(C)(C)O)C5)n5c6cccc(F)c6cc5c4n3)cc12. The van der Waals surface area contributed by atoms with Crippen LogP contribution < -0.4 is 9.62 Å². The van der Waals surface area contributed by atoms with Crippen LogP contribution >= 0.6 is 0 Å². The summed E-state index contributed by atoms with van der Waals surface area (Å²) in [7, 11) is -1.11. The number of nitrogens with zero attached hydrogens (tertiary/aromatic N) is 5. The molecule has 1 aliphatic rings. The van der Waals surface area contributed by atoms with Crippen LogP contribution in [0.5, 0.6) is 0 Å². The Bertz CT molecular complexity index is 2810. The number of carbonyl (C=O) groups excluding carboxylic acids is 1. The van der Waals surface area contributed by atoms with Gasteiger partial charge in [0.1, 0.15) is 34.4 Å². The standard InChI is InChI=1S/C39H35F3N6O5S/c1-39(2,50)20-17-47(18-20)19-34-44-29-12-11-28(45-36(29)32-15-23-26(41)7-6-8-30(23)48(32)34)24-14-25-33(16-31(24)46(4)54(5,51)52)53-37(35(25)38(49)43-3)22-10-9-21(40)13-27(22)42/h6-16,20,50H,17-19H2,1-5H3,(H,43,49). The molecule has 1 saturated heterocycles. The first-order valence-corrected chi connectivity index (χ1v) is 18.9. The molecule has 0 bridgehead atoms. The Balaban J connectivity index is 1.36. The van der Waals surface area contributed by atoms with Crippen LogP contribution in [-0.2, 0) is 16.6 Å². The Kier molecular flexibility index (Phi) is 8.24. The summed E-state index contributed by atoms with van der Waals surface area (Å²) in [6.45, 7) is 5.34. The maximum absolute atomic E-state index is 15.3. The number of sulfonamides is 1. The predicted octanol–water partition coefficient (Wildman–Crippen LogP) is 6.49. The van der Waals surface area contributed by atoms with Crippen molar-refractivity contribution in [3.8, 4) is 22.6 Å². The largest absolute Gasteiger partial charge is 0.455 e. The minimum absolute atomic E-state index is 0.0477. The van der Waals surface area contributed by atoms with Gasteiger partial charge in [-0.1, -0.05) is 6.07 Å². The van der Waals surface area contributed by atoms with Gasteiger partial charge in [-0.2, -0.15) is 0 Å². The van der Waals surface area contributed by atoms with E-state index >= 15 is 8.78 Å². The third-order valence-electron chi connectivity index (χ3n) is 10.3. The van der Waals surface area contributed by atoms with Gasteiger partial charge in [0.05, 0.1) is 57.5 Å². The van der Waals surface area contributed by atoms with Crippen LogP contribution in [0.1, 0.15) is 30.0 Å². The van der Waals surface area contributed by atoms with Gasteiger partial charge in [-0.15, -0.1) is 0 Å². The van der Waals surface area contributed by atoms with E-state index in [9.17, 15) is 22.7 Å². The van der Waals surface area contributed by atoms with Crippen molar-refractivity contribution in [3.63, 3.8) is 0 Å². The molecule has 0 radical (unpaired) electrons. The van der Waals surface area contributed by atoms with Crippen LogP contribution in [0, 0.1) is 23.4 Å². The lowest BCUT2D eigenvalue weighted by Crippen LogP contribution is -2.55. The first-order valence-electron chi connectivity index (χ1n) is 17.1. The Labute approximate surface area is 307 Å². The fourth-order valence-corrected chi connectivity index (χ4v) is 7.67. The number of hydrogen-bond acceptors (Lipinski definition) is 8. The van der Waals surface area contributed by atoms with Gasteiger partial charge in [0, 0.05) is 61.6 Å². The van der Waals surface area contributed by atoms with Crippen LogP contribution in [0.15, 0.2) is 71.1 Å².